The maximum Gasteiger partial charge on any atom is 0.293 e. The topological polar surface area (TPSA) is 66.8 Å². The van der Waals surface area contributed by atoms with Crippen LogP contribution in [-0.2, 0) is 17.8 Å². The van der Waals surface area contributed by atoms with Crippen LogP contribution in [0.4, 0.5) is 4.79 Å². The number of amides is 2. The predicted octanol–water partition coefficient (Wildman–Crippen LogP) is 5.91. The fourth-order valence-electron chi connectivity index (χ4n) is 3.74. The SMILES string of the molecule is C=CCc1cc(/C=C2\SC(=O)N(Cc3cccc4ccccc34)C2=O)cc(OCC)c1O. The highest BCUT2D eigenvalue weighted by Gasteiger charge is 2.35. The predicted molar refractivity (Wildman–Crippen MR) is 129 cm³/mol. The van der Waals surface area contributed by atoms with Gasteiger partial charge in [-0.25, -0.2) is 0 Å². The van der Waals surface area contributed by atoms with Crippen molar-refractivity contribution in [3.8, 4) is 11.5 Å². The Kier molecular flexibility index (Phi) is 6.32. The molecule has 1 N–H and O–H groups in total. The number of phenols is 1. The quantitative estimate of drug-likeness (QED) is 0.362. The third kappa shape index (κ3) is 4.27. The highest BCUT2D eigenvalue weighted by Crippen LogP contribution is 2.37. The first-order valence-corrected chi connectivity index (χ1v) is 11.1. The van der Waals surface area contributed by atoms with Gasteiger partial charge in [-0.1, -0.05) is 48.5 Å². The summed E-state index contributed by atoms with van der Waals surface area (Å²) < 4.78 is 5.54. The third-order valence-electron chi connectivity index (χ3n) is 5.22. The molecule has 0 unspecified atom stereocenters. The Hall–Kier alpha value is -3.51. The van der Waals surface area contributed by atoms with Crippen LogP contribution in [0.1, 0.15) is 23.6 Å². The highest BCUT2D eigenvalue weighted by molar-refractivity contribution is 8.18. The summed E-state index contributed by atoms with van der Waals surface area (Å²) in [6.07, 6.45) is 3.81. The van der Waals surface area contributed by atoms with Crippen molar-refractivity contribution < 1.29 is 19.4 Å². The van der Waals surface area contributed by atoms with E-state index in [9.17, 15) is 14.7 Å². The minimum Gasteiger partial charge on any atom is -0.504 e. The largest absolute Gasteiger partial charge is 0.504 e. The maximum atomic E-state index is 13.1. The Morgan fingerprint density at radius 1 is 1.09 bits per heavy atom. The fraction of sp³-hybridized carbons (Fsp3) is 0.154. The van der Waals surface area contributed by atoms with Gasteiger partial charge in [-0.05, 0) is 65.2 Å². The number of fused-ring (bicyclic) bond motifs is 1. The van der Waals surface area contributed by atoms with E-state index in [1.165, 1.54) is 4.90 Å². The molecule has 0 radical (unpaired) electrons. The van der Waals surface area contributed by atoms with Crippen molar-refractivity contribution in [3.63, 3.8) is 0 Å². The number of ether oxygens (including phenoxy) is 1. The number of hydrogen-bond donors (Lipinski definition) is 1. The third-order valence-corrected chi connectivity index (χ3v) is 6.13. The van der Waals surface area contributed by atoms with Gasteiger partial charge in [0, 0.05) is 5.56 Å². The first kappa shape index (κ1) is 21.7. The first-order valence-electron chi connectivity index (χ1n) is 10.3. The molecule has 0 spiro atoms. The molecule has 1 fully saturated rings. The fourth-order valence-corrected chi connectivity index (χ4v) is 4.58. The number of nitrogens with zero attached hydrogens (tertiary/aromatic N) is 1. The molecule has 5 nitrogen and oxygen atoms in total. The van der Waals surface area contributed by atoms with Crippen molar-refractivity contribution in [2.45, 2.75) is 19.9 Å². The van der Waals surface area contributed by atoms with Crippen LogP contribution in [0.2, 0.25) is 0 Å². The lowest BCUT2D eigenvalue weighted by Gasteiger charge is -2.14. The molecule has 4 rings (SSSR count). The number of rotatable bonds is 7. The van der Waals surface area contributed by atoms with E-state index in [-0.39, 0.29) is 23.4 Å². The Balaban J connectivity index is 1.64. The molecular formula is C26H23NO4S. The molecule has 0 atom stereocenters. The summed E-state index contributed by atoms with van der Waals surface area (Å²) in [6, 6.07) is 17.2. The average molecular weight is 446 g/mol. The zero-order valence-electron chi connectivity index (χ0n) is 17.7. The van der Waals surface area contributed by atoms with Crippen LogP contribution in [-0.4, -0.2) is 27.8 Å². The van der Waals surface area contributed by atoms with Crippen molar-refractivity contribution in [2.24, 2.45) is 0 Å². The molecule has 2 amide bonds. The monoisotopic (exact) mass is 445 g/mol. The van der Waals surface area contributed by atoms with Crippen molar-refractivity contribution in [3.05, 3.63) is 88.8 Å². The van der Waals surface area contributed by atoms with Crippen LogP contribution in [0.25, 0.3) is 16.8 Å². The number of thioether (sulfide) groups is 1. The van der Waals surface area contributed by atoms with Crippen molar-refractivity contribution >= 4 is 39.8 Å². The van der Waals surface area contributed by atoms with Crippen molar-refractivity contribution in [2.75, 3.05) is 6.61 Å². The molecule has 0 saturated carbocycles. The number of carbonyl (C=O) groups excluding carboxylic acids is 2. The summed E-state index contributed by atoms with van der Waals surface area (Å²) in [7, 11) is 0. The van der Waals surface area contributed by atoms with Crippen LogP contribution < -0.4 is 4.74 Å². The first-order chi connectivity index (χ1) is 15.5. The second kappa shape index (κ2) is 9.32. The number of allylic oxidation sites excluding steroid dienone is 1. The zero-order valence-corrected chi connectivity index (χ0v) is 18.5. The molecule has 3 aromatic rings. The molecule has 1 aliphatic heterocycles. The Labute approximate surface area is 191 Å². The van der Waals surface area contributed by atoms with E-state index in [0.717, 1.165) is 28.1 Å². The number of phenolic OH excluding ortho intramolecular Hbond substituents is 1. The number of carbonyl (C=O) groups is 2. The van der Waals surface area contributed by atoms with Crippen LogP contribution >= 0.6 is 11.8 Å². The van der Waals surface area contributed by atoms with Gasteiger partial charge >= 0.3 is 0 Å². The molecule has 0 aliphatic carbocycles. The smallest absolute Gasteiger partial charge is 0.293 e. The molecule has 0 bridgehead atoms. The lowest BCUT2D eigenvalue weighted by molar-refractivity contribution is -0.123. The number of imide groups is 1. The Morgan fingerprint density at radius 2 is 1.88 bits per heavy atom. The van der Waals surface area contributed by atoms with Gasteiger partial charge in [0.15, 0.2) is 11.5 Å². The van der Waals surface area contributed by atoms with Gasteiger partial charge in [0.25, 0.3) is 11.1 Å². The Bertz CT molecular complexity index is 1240. The lowest BCUT2D eigenvalue weighted by atomic mass is 10.0. The van der Waals surface area contributed by atoms with E-state index in [1.807, 2.05) is 49.4 Å². The van der Waals surface area contributed by atoms with Crippen LogP contribution in [0.3, 0.4) is 0 Å². The molecule has 32 heavy (non-hydrogen) atoms. The number of aromatic hydroxyl groups is 1. The molecule has 6 heteroatoms. The van der Waals surface area contributed by atoms with E-state index in [4.69, 9.17) is 4.74 Å². The van der Waals surface area contributed by atoms with Crippen LogP contribution in [0, 0.1) is 0 Å². The van der Waals surface area contributed by atoms with Gasteiger partial charge < -0.3 is 9.84 Å². The van der Waals surface area contributed by atoms with E-state index >= 15 is 0 Å². The van der Waals surface area contributed by atoms with Crippen molar-refractivity contribution in [1.29, 1.82) is 0 Å². The van der Waals surface area contributed by atoms with Gasteiger partial charge in [-0.2, -0.15) is 0 Å². The van der Waals surface area contributed by atoms with Gasteiger partial charge in [0.2, 0.25) is 0 Å². The van der Waals surface area contributed by atoms with Gasteiger partial charge in [0.05, 0.1) is 18.1 Å². The molecule has 1 saturated heterocycles. The van der Waals surface area contributed by atoms with E-state index < -0.39 is 0 Å². The zero-order chi connectivity index (χ0) is 22.7. The summed E-state index contributed by atoms with van der Waals surface area (Å²) in [5.74, 6) is 0.0743. The molecule has 3 aromatic carbocycles. The lowest BCUT2D eigenvalue weighted by Crippen LogP contribution is -2.27. The molecule has 0 aromatic heterocycles. The minimum atomic E-state index is -0.329. The highest BCUT2D eigenvalue weighted by atomic mass is 32.2. The summed E-state index contributed by atoms with van der Waals surface area (Å²) in [5.41, 5.74) is 2.24. The normalized spacial score (nSPS) is 15.0. The summed E-state index contributed by atoms with van der Waals surface area (Å²) in [4.78, 5) is 27.3. The second-order valence-electron chi connectivity index (χ2n) is 7.36. The summed E-state index contributed by atoms with van der Waals surface area (Å²) in [6.45, 7) is 6.16. The minimum absolute atomic E-state index is 0.0629. The van der Waals surface area contributed by atoms with E-state index in [0.29, 0.717) is 34.8 Å². The van der Waals surface area contributed by atoms with Crippen LogP contribution in [0.15, 0.2) is 72.2 Å². The van der Waals surface area contributed by atoms with E-state index in [1.54, 1.807) is 24.3 Å². The standard InChI is InChI=1S/C26H23NO4S/c1-3-8-19-13-17(14-22(24(19)28)31-4-2)15-23-25(29)27(26(30)32-23)16-20-11-7-10-18-9-5-6-12-21(18)20/h3,5-7,9-15,28H,1,4,8,16H2,2H3/b23-15-. The van der Waals surface area contributed by atoms with Crippen LogP contribution in [0.5, 0.6) is 11.5 Å². The van der Waals surface area contributed by atoms with Gasteiger partial charge in [-0.3, -0.25) is 14.5 Å². The van der Waals surface area contributed by atoms with Gasteiger partial charge in [0.1, 0.15) is 0 Å². The molecule has 162 valence electrons. The Morgan fingerprint density at radius 3 is 2.66 bits per heavy atom. The number of hydrogen-bond acceptors (Lipinski definition) is 5. The molecule has 1 heterocycles. The van der Waals surface area contributed by atoms with Gasteiger partial charge in [-0.15, -0.1) is 6.58 Å². The van der Waals surface area contributed by atoms with Crippen molar-refractivity contribution in [1.82, 2.24) is 4.90 Å². The summed E-state index contributed by atoms with van der Waals surface area (Å²) in [5, 5.41) is 12.2. The van der Waals surface area contributed by atoms with E-state index in [2.05, 4.69) is 6.58 Å². The molecule has 1 aliphatic rings. The number of benzene rings is 3. The molecular weight excluding hydrogens is 422 g/mol. The maximum absolute atomic E-state index is 13.1. The average Bonchev–Trinajstić information content (AvgIpc) is 3.04. The second-order valence-corrected chi connectivity index (χ2v) is 8.35. The summed E-state index contributed by atoms with van der Waals surface area (Å²) >= 11 is 0.919.